The number of carbonyl (C=O) groups is 1. The summed E-state index contributed by atoms with van der Waals surface area (Å²) >= 11 is 6.55. The Kier molecular flexibility index (Phi) is 5.98. The minimum absolute atomic E-state index is 0.0307. The Bertz CT molecular complexity index is 995. The van der Waals surface area contributed by atoms with Crippen LogP contribution in [0.3, 0.4) is 0 Å². The van der Waals surface area contributed by atoms with E-state index in [4.69, 9.17) is 4.52 Å². The van der Waals surface area contributed by atoms with Crippen LogP contribution in [-0.4, -0.2) is 57.1 Å². The van der Waals surface area contributed by atoms with E-state index in [0.717, 1.165) is 19.6 Å². The van der Waals surface area contributed by atoms with Crippen molar-refractivity contribution < 1.29 is 14.4 Å². The van der Waals surface area contributed by atoms with Crippen LogP contribution in [0.1, 0.15) is 16.2 Å². The molecule has 1 saturated heterocycles. The van der Waals surface area contributed by atoms with E-state index >= 15 is 0 Å². The maximum absolute atomic E-state index is 12.7. The summed E-state index contributed by atoms with van der Waals surface area (Å²) in [7, 11) is 0. The summed E-state index contributed by atoms with van der Waals surface area (Å²) < 4.78 is 6.20. The van der Waals surface area contributed by atoms with Gasteiger partial charge in [0.2, 0.25) is 5.82 Å². The Labute approximate surface area is 184 Å². The van der Waals surface area contributed by atoms with E-state index in [0.29, 0.717) is 27.6 Å². The van der Waals surface area contributed by atoms with E-state index in [9.17, 15) is 9.90 Å². The van der Waals surface area contributed by atoms with Gasteiger partial charge < -0.3 is 14.5 Å². The zero-order valence-corrected chi connectivity index (χ0v) is 18.6. The van der Waals surface area contributed by atoms with E-state index in [-0.39, 0.29) is 23.4 Å². The number of hydrogen-bond donors (Lipinski definition) is 1. The molecule has 3 aromatic rings. The number of aromatic hydroxyl groups is 1. The molecular formula is C20H18Br2N4O3. The highest BCUT2D eigenvalue weighted by Gasteiger charge is 2.26. The molecule has 2 heterocycles. The zero-order valence-electron chi connectivity index (χ0n) is 15.4. The Hall–Kier alpha value is -2.23. The lowest BCUT2D eigenvalue weighted by atomic mass is 10.2. The number of hydrogen-bond acceptors (Lipinski definition) is 6. The summed E-state index contributed by atoms with van der Waals surface area (Å²) in [5.74, 6) is 0.0798. The molecule has 0 saturated carbocycles. The van der Waals surface area contributed by atoms with Crippen LogP contribution in [0.5, 0.6) is 5.75 Å². The molecule has 0 atom stereocenters. The Morgan fingerprint density at radius 1 is 1.07 bits per heavy atom. The fourth-order valence-electron chi connectivity index (χ4n) is 3.21. The van der Waals surface area contributed by atoms with Crippen molar-refractivity contribution in [1.82, 2.24) is 19.9 Å². The predicted molar refractivity (Wildman–Crippen MR) is 114 cm³/mol. The standard InChI is InChI=1S/C20H18Br2N4O3/c21-15-10-14(11-16(22)17(15)27)18-23-19(29-24-18)20(28)26-8-6-25(7-9-26)12-13-4-2-1-3-5-13/h1-5,10-11,27H,6-9,12H2. The lowest BCUT2D eigenvalue weighted by molar-refractivity contribution is 0.0581. The number of nitrogens with zero attached hydrogens (tertiary/aromatic N) is 4. The normalized spacial score (nSPS) is 14.9. The Morgan fingerprint density at radius 3 is 2.38 bits per heavy atom. The first kappa shape index (κ1) is 20.1. The Balaban J connectivity index is 1.40. The second kappa shape index (κ2) is 8.64. The van der Waals surface area contributed by atoms with Gasteiger partial charge in [-0.25, -0.2) is 0 Å². The van der Waals surface area contributed by atoms with Crippen LogP contribution in [0.25, 0.3) is 11.4 Å². The number of aromatic nitrogens is 2. The van der Waals surface area contributed by atoms with Gasteiger partial charge in [-0.3, -0.25) is 9.69 Å². The van der Waals surface area contributed by atoms with Gasteiger partial charge in [-0.1, -0.05) is 35.5 Å². The SMILES string of the molecule is O=C(c1nc(-c2cc(Br)c(O)c(Br)c2)no1)N1CCN(Cc2ccccc2)CC1. The summed E-state index contributed by atoms with van der Waals surface area (Å²) in [6.07, 6.45) is 0. The summed E-state index contributed by atoms with van der Waals surface area (Å²) in [5, 5.41) is 13.8. The molecule has 4 rings (SSSR count). The van der Waals surface area contributed by atoms with Crippen LogP contribution in [-0.2, 0) is 6.54 Å². The number of carbonyl (C=O) groups excluding carboxylic acids is 1. The molecule has 0 unspecified atom stereocenters. The van der Waals surface area contributed by atoms with Gasteiger partial charge in [0.05, 0.1) is 8.95 Å². The predicted octanol–water partition coefficient (Wildman–Crippen LogP) is 3.93. The number of phenolic OH excluding ortho intramolecular Hbond substituents is 1. The molecule has 0 bridgehead atoms. The zero-order chi connectivity index (χ0) is 20.4. The largest absolute Gasteiger partial charge is 0.506 e. The molecule has 150 valence electrons. The van der Waals surface area contributed by atoms with Crippen LogP contribution < -0.4 is 0 Å². The molecule has 0 radical (unpaired) electrons. The molecule has 1 N–H and O–H groups in total. The van der Waals surface area contributed by atoms with E-state index in [1.165, 1.54) is 5.56 Å². The van der Waals surface area contributed by atoms with Crippen molar-refractivity contribution in [1.29, 1.82) is 0 Å². The van der Waals surface area contributed by atoms with Crippen molar-refractivity contribution in [3.63, 3.8) is 0 Å². The molecule has 1 aliphatic heterocycles. The van der Waals surface area contributed by atoms with Crippen molar-refractivity contribution in [2.24, 2.45) is 0 Å². The first-order valence-electron chi connectivity index (χ1n) is 9.09. The maximum atomic E-state index is 12.7. The van der Waals surface area contributed by atoms with Crippen LogP contribution in [0.2, 0.25) is 0 Å². The molecule has 1 aromatic heterocycles. The molecule has 0 aliphatic carbocycles. The van der Waals surface area contributed by atoms with Gasteiger partial charge in [0, 0.05) is 38.3 Å². The van der Waals surface area contributed by atoms with Crippen LogP contribution in [0.4, 0.5) is 0 Å². The van der Waals surface area contributed by atoms with Gasteiger partial charge in [-0.2, -0.15) is 4.98 Å². The second-order valence-corrected chi connectivity index (χ2v) is 8.47. The average molecular weight is 522 g/mol. The highest BCUT2D eigenvalue weighted by molar-refractivity contribution is 9.11. The molecule has 2 aromatic carbocycles. The summed E-state index contributed by atoms with van der Waals surface area (Å²) in [4.78, 5) is 21.1. The van der Waals surface area contributed by atoms with Crippen LogP contribution >= 0.6 is 31.9 Å². The minimum atomic E-state index is -0.264. The van der Waals surface area contributed by atoms with Gasteiger partial charge in [0.15, 0.2) is 0 Å². The van der Waals surface area contributed by atoms with Crippen LogP contribution in [0, 0.1) is 0 Å². The highest BCUT2D eigenvalue weighted by atomic mass is 79.9. The van der Waals surface area contributed by atoms with Crippen LogP contribution in [0.15, 0.2) is 55.9 Å². The van der Waals surface area contributed by atoms with Gasteiger partial charge in [-0.15, -0.1) is 0 Å². The highest BCUT2D eigenvalue weighted by Crippen LogP contribution is 2.36. The van der Waals surface area contributed by atoms with Crippen molar-refractivity contribution in [3.05, 3.63) is 62.9 Å². The van der Waals surface area contributed by atoms with Crippen molar-refractivity contribution in [3.8, 4) is 17.1 Å². The fourth-order valence-corrected chi connectivity index (χ4v) is 4.39. The number of rotatable bonds is 4. The molecule has 1 amide bonds. The second-order valence-electron chi connectivity index (χ2n) is 6.77. The minimum Gasteiger partial charge on any atom is -0.506 e. The van der Waals surface area contributed by atoms with E-state index in [1.54, 1.807) is 17.0 Å². The number of halogens is 2. The monoisotopic (exact) mass is 520 g/mol. The Morgan fingerprint density at radius 2 is 1.72 bits per heavy atom. The van der Waals surface area contributed by atoms with Gasteiger partial charge >= 0.3 is 11.8 Å². The third kappa shape index (κ3) is 4.52. The molecule has 9 heteroatoms. The average Bonchev–Trinajstić information content (AvgIpc) is 3.23. The quantitative estimate of drug-likeness (QED) is 0.560. The molecule has 1 fully saturated rings. The topological polar surface area (TPSA) is 82.7 Å². The lowest BCUT2D eigenvalue weighted by Crippen LogP contribution is -2.48. The molecule has 0 spiro atoms. The molecule has 1 aliphatic rings. The summed E-state index contributed by atoms with van der Waals surface area (Å²) in [6, 6.07) is 13.6. The van der Waals surface area contributed by atoms with Gasteiger partial charge in [0.25, 0.3) is 0 Å². The third-order valence-corrected chi connectivity index (χ3v) is 6.00. The van der Waals surface area contributed by atoms with Gasteiger partial charge in [-0.05, 0) is 49.6 Å². The van der Waals surface area contributed by atoms with Gasteiger partial charge in [0.1, 0.15) is 5.75 Å². The third-order valence-electron chi connectivity index (χ3n) is 4.79. The maximum Gasteiger partial charge on any atom is 0.316 e. The summed E-state index contributed by atoms with van der Waals surface area (Å²) in [6.45, 7) is 3.68. The smallest absolute Gasteiger partial charge is 0.316 e. The van der Waals surface area contributed by atoms with Crippen molar-refractivity contribution in [2.75, 3.05) is 26.2 Å². The first-order chi connectivity index (χ1) is 14.0. The summed E-state index contributed by atoms with van der Waals surface area (Å²) in [5.41, 5.74) is 1.89. The van der Waals surface area contributed by atoms with E-state index in [1.807, 2.05) is 18.2 Å². The van der Waals surface area contributed by atoms with E-state index < -0.39 is 0 Å². The number of amides is 1. The molecule has 7 nitrogen and oxygen atoms in total. The fraction of sp³-hybridized carbons (Fsp3) is 0.250. The number of piperazine rings is 1. The first-order valence-corrected chi connectivity index (χ1v) is 10.7. The molecule has 29 heavy (non-hydrogen) atoms. The number of benzene rings is 2. The van der Waals surface area contributed by atoms with Crippen molar-refractivity contribution >= 4 is 37.8 Å². The lowest BCUT2D eigenvalue weighted by Gasteiger charge is -2.33. The van der Waals surface area contributed by atoms with E-state index in [2.05, 4.69) is 59.0 Å². The number of phenols is 1. The van der Waals surface area contributed by atoms with Crippen molar-refractivity contribution in [2.45, 2.75) is 6.54 Å². The molecular weight excluding hydrogens is 504 g/mol.